The van der Waals surface area contributed by atoms with Gasteiger partial charge in [0.05, 0.1) is 18.7 Å². The van der Waals surface area contributed by atoms with Crippen LogP contribution in [0.15, 0.2) is 22.7 Å². The molecule has 0 radical (unpaired) electrons. The molecule has 1 aromatic carbocycles. The van der Waals surface area contributed by atoms with E-state index in [-0.39, 0.29) is 6.04 Å². The van der Waals surface area contributed by atoms with Crippen LogP contribution in [0.5, 0.6) is 5.75 Å². The van der Waals surface area contributed by atoms with E-state index in [1.54, 1.807) is 7.11 Å². The van der Waals surface area contributed by atoms with Gasteiger partial charge >= 0.3 is 0 Å². The number of nitrogens with two attached hydrogens (primary N) is 1. The van der Waals surface area contributed by atoms with Crippen molar-refractivity contribution in [3.63, 3.8) is 0 Å². The summed E-state index contributed by atoms with van der Waals surface area (Å²) in [6.45, 7) is 4.14. The highest BCUT2D eigenvalue weighted by Gasteiger charge is 2.17. The zero-order valence-corrected chi connectivity index (χ0v) is 12.2. The molecular weight excluding hydrogens is 254 g/mol. The van der Waals surface area contributed by atoms with E-state index in [2.05, 4.69) is 17.1 Å². The molecule has 20 heavy (non-hydrogen) atoms. The number of hydrogen-bond acceptors (Lipinski definition) is 5. The van der Waals surface area contributed by atoms with Crippen LogP contribution >= 0.6 is 0 Å². The predicted molar refractivity (Wildman–Crippen MR) is 77.5 cm³/mol. The van der Waals surface area contributed by atoms with E-state index in [1.165, 1.54) is 0 Å². The summed E-state index contributed by atoms with van der Waals surface area (Å²) < 4.78 is 10.6. The minimum atomic E-state index is -0.201. The Labute approximate surface area is 119 Å². The maximum atomic E-state index is 6.04. The van der Waals surface area contributed by atoms with Crippen LogP contribution in [0.4, 0.5) is 0 Å². The number of aryl methyl sites for hydroxylation is 1. The highest BCUT2D eigenvalue weighted by molar-refractivity contribution is 5.64. The lowest BCUT2D eigenvalue weighted by Gasteiger charge is -2.06. The fourth-order valence-corrected chi connectivity index (χ4v) is 2.03. The first-order valence-electron chi connectivity index (χ1n) is 6.90. The second-order valence-electron chi connectivity index (χ2n) is 4.91. The summed E-state index contributed by atoms with van der Waals surface area (Å²) in [6.07, 6.45) is 3.00. The van der Waals surface area contributed by atoms with Gasteiger partial charge in [-0.1, -0.05) is 31.0 Å². The summed E-state index contributed by atoms with van der Waals surface area (Å²) in [6, 6.07) is 5.67. The summed E-state index contributed by atoms with van der Waals surface area (Å²) >= 11 is 0. The smallest absolute Gasteiger partial charge is 0.243 e. The fourth-order valence-electron chi connectivity index (χ4n) is 2.03. The van der Waals surface area contributed by atoms with Gasteiger partial charge in [0.25, 0.3) is 0 Å². The van der Waals surface area contributed by atoms with Gasteiger partial charge in [-0.05, 0) is 31.0 Å². The van der Waals surface area contributed by atoms with Gasteiger partial charge in [-0.3, -0.25) is 0 Å². The molecule has 5 heteroatoms. The Morgan fingerprint density at radius 2 is 2.20 bits per heavy atom. The third-order valence-corrected chi connectivity index (χ3v) is 3.23. The summed E-state index contributed by atoms with van der Waals surface area (Å²) in [4.78, 5) is 4.39. The number of benzene rings is 1. The van der Waals surface area contributed by atoms with Crippen LogP contribution in [0.2, 0.25) is 0 Å². The van der Waals surface area contributed by atoms with Crippen molar-refractivity contribution < 1.29 is 9.26 Å². The van der Waals surface area contributed by atoms with Crippen molar-refractivity contribution in [3.05, 3.63) is 29.7 Å². The van der Waals surface area contributed by atoms with E-state index in [4.69, 9.17) is 15.0 Å². The van der Waals surface area contributed by atoms with Crippen molar-refractivity contribution in [1.82, 2.24) is 10.1 Å². The number of hydrogen-bond donors (Lipinski definition) is 1. The molecule has 1 heterocycles. The van der Waals surface area contributed by atoms with Gasteiger partial charge in [-0.2, -0.15) is 4.98 Å². The highest BCUT2D eigenvalue weighted by atomic mass is 16.5. The van der Waals surface area contributed by atoms with Crippen molar-refractivity contribution in [2.75, 3.05) is 7.11 Å². The second-order valence-corrected chi connectivity index (χ2v) is 4.91. The van der Waals surface area contributed by atoms with Gasteiger partial charge in [0.1, 0.15) is 5.75 Å². The van der Waals surface area contributed by atoms with Crippen molar-refractivity contribution in [2.45, 2.75) is 39.2 Å². The zero-order valence-electron chi connectivity index (χ0n) is 12.2. The molecule has 0 aliphatic rings. The third-order valence-electron chi connectivity index (χ3n) is 3.23. The largest absolute Gasteiger partial charge is 0.496 e. The maximum Gasteiger partial charge on any atom is 0.243 e. The average molecular weight is 275 g/mol. The molecule has 0 fully saturated rings. The highest BCUT2D eigenvalue weighted by Crippen LogP contribution is 2.29. The van der Waals surface area contributed by atoms with E-state index in [9.17, 15) is 0 Å². The Morgan fingerprint density at radius 1 is 1.40 bits per heavy atom. The topological polar surface area (TPSA) is 74.2 Å². The first-order chi connectivity index (χ1) is 9.65. The van der Waals surface area contributed by atoms with Crippen LogP contribution in [-0.4, -0.2) is 17.3 Å². The Bertz CT molecular complexity index is 566. The van der Waals surface area contributed by atoms with Gasteiger partial charge in [0.15, 0.2) is 0 Å². The van der Waals surface area contributed by atoms with E-state index < -0.39 is 0 Å². The second kappa shape index (κ2) is 6.52. The number of ether oxygens (including phenoxy) is 1. The molecule has 5 nitrogen and oxygen atoms in total. The Kier molecular flexibility index (Phi) is 4.74. The number of unbranched alkanes of at least 4 members (excludes halogenated alkanes) is 1. The van der Waals surface area contributed by atoms with Crippen LogP contribution in [0.3, 0.4) is 0 Å². The van der Waals surface area contributed by atoms with Gasteiger partial charge in [0, 0.05) is 0 Å². The van der Waals surface area contributed by atoms with Gasteiger partial charge in [-0.25, -0.2) is 0 Å². The molecule has 1 atom stereocenters. The first-order valence-corrected chi connectivity index (χ1v) is 6.90. The quantitative estimate of drug-likeness (QED) is 0.876. The lowest BCUT2D eigenvalue weighted by atomic mass is 10.1. The molecule has 1 unspecified atom stereocenters. The minimum Gasteiger partial charge on any atom is -0.496 e. The van der Waals surface area contributed by atoms with Gasteiger partial charge in [-0.15, -0.1) is 0 Å². The number of aromatic nitrogens is 2. The van der Waals surface area contributed by atoms with Crippen LogP contribution in [-0.2, 0) is 0 Å². The first kappa shape index (κ1) is 14.5. The summed E-state index contributed by atoms with van der Waals surface area (Å²) in [5.41, 5.74) is 7.97. The molecule has 0 saturated carbocycles. The lowest BCUT2D eigenvalue weighted by Crippen LogP contribution is -2.10. The number of nitrogens with zero attached hydrogens (tertiary/aromatic N) is 2. The van der Waals surface area contributed by atoms with Gasteiger partial charge in [0.2, 0.25) is 11.7 Å². The van der Waals surface area contributed by atoms with E-state index in [0.717, 1.165) is 36.1 Å². The Hall–Kier alpha value is -1.88. The molecule has 0 saturated heterocycles. The normalized spacial score (nSPS) is 12.4. The summed E-state index contributed by atoms with van der Waals surface area (Å²) in [5, 5.41) is 4.01. The molecule has 2 aromatic rings. The number of methoxy groups -OCH3 is 1. The Balaban J connectivity index is 2.24. The summed E-state index contributed by atoms with van der Waals surface area (Å²) in [5.74, 6) is 1.74. The van der Waals surface area contributed by atoms with Gasteiger partial charge < -0.3 is 15.0 Å². The molecule has 0 spiro atoms. The minimum absolute atomic E-state index is 0.201. The zero-order chi connectivity index (χ0) is 14.5. The molecule has 2 rings (SSSR count). The van der Waals surface area contributed by atoms with Crippen molar-refractivity contribution >= 4 is 0 Å². The predicted octanol–water partition coefficient (Wildman–Crippen LogP) is 3.24. The van der Waals surface area contributed by atoms with E-state index in [1.807, 2.05) is 25.1 Å². The number of rotatable bonds is 6. The SMILES string of the molecule is CCCCC(N)c1nc(-c2ccc(C)cc2OC)no1. The molecular formula is C15H21N3O2. The molecule has 0 aliphatic heterocycles. The van der Waals surface area contributed by atoms with E-state index in [0.29, 0.717) is 11.7 Å². The van der Waals surface area contributed by atoms with Crippen LogP contribution < -0.4 is 10.5 Å². The average Bonchev–Trinajstić information content (AvgIpc) is 2.94. The molecule has 2 N–H and O–H groups in total. The fraction of sp³-hybridized carbons (Fsp3) is 0.467. The summed E-state index contributed by atoms with van der Waals surface area (Å²) in [7, 11) is 1.63. The third kappa shape index (κ3) is 3.17. The van der Waals surface area contributed by atoms with Crippen molar-refractivity contribution in [3.8, 4) is 17.1 Å². The molecule has 108 valence electrons. The molecule has 0 bridgehead atoms. The van der Waals surface area contributed by atoms with E-state index >= 15 is 0 Å². The molecule has 0 aliphatic carbocycles. The maximum absolute atomic E-state index is 6.04. The van der Waals surface area contributed by atoms with Crippen LogP contribution in [0.25, 0.3) is 11.4 Å². The van der Waals surface area contributed by atoms with Crippen molar-refractivity contribution in [2.24, 2.45) is 5.73 Å². The lowest BCUT2D eigenvalue weighted by molar-refractivity contribution is 0.346. The van der Waals surface area contributed by atoms with Crippen LogP contribution in [0.1, 0.15) is 43.7 Å². The van der Waals surface area contributed by atoms with Crippen LogP contribution in [0, 0.1) is 6.92 Å². The standard InChI is InChI=1S/C15H21N3O2/c1-4-5-6-12(16)15-17-14(18-20-15)11-8-7-10(2)9-13(11)19-3/h7-9,12H,4-6,16H2,1-3H3. The molecule has 1 aromatic heterocycles. The van der Waals surface area contributed by atoms with Crippen molar-refractivity contribution in [1.29, 1.82) is 0 Å². The Morgan fingerprint density at radius 3 is 2.90 bits per heavy atom. The monoisotopic (exact) mass is 275 g/mol. The molecule has 0 amide bonds.